The summed E-state index contributed by atoms with van der Waals surface area (Å²) in [5.74, 6) is 0. The molecule has 0 aliphatic rings. The van der Waals surface area contributed by atoms with E-state index in [1.807, 2.05) is 6.92 Å². The van der Waals surface area contributed by atoms with E-state index in [0.717, 1.165) is 0 Å². The fourth-order valence-electron chi connectivity index (χ4n) is 1.07. The van der Waals surface area contributed by atoms with Crippen molar-refractivity contribution in [3.63, 3.8) is 0 Å². The number of imidazole rings is 1. The zero-order valence-electron chi connectivity index (χ0n) is 6.55. The van der Waals surface area contributed by atoms with Crippen LogP contribution in [0.2, 0.25) is 0 Å². The van der Waals surface area contributed by atoms with Crippen LogP contribution in [0.15, 0.2) is 4.79 Å². The second-order valence-electron chi connectivity index (χ2n) is 2.30. The van der Waals surface area contributed by atoms with Gasteiger partial charge in [0.15, 0.2) is 6.29 Å². The number of H-pyrrole nitrogens is 1. The van der Waals surface area contributed by atoms with Crippen molar-refractivity contribution in [3.05, 3.63) is 21.9 Å². The van der Waals surface area contributed by atoms with Crippen LogP contribution in [0.25, 0.3) is 0 Å². The van der Waals surface area contributed by atoms with Gasteiger partial charge in [-0.3, -0.25) is 9.36 Å². The predicted octanol–water partition coefficient (Wildman–Crippen LogP) is 0.317. The largest absolute Gasteiger partial charge is 0.326 e. The number of aldehydes is 1. The zero-order chi connectivity index (χ0) is 8.43. The van der Waals surface area contributed by atoms with Gasteiger partial charge in [-0.05, 0) is 13.8 Å². The molecule has 1 N–H and O–H groups in total. The van der Waals surface area contributed by atoms with Crippen LogP contribution in [0, 0.1) is 6.92 Å². The molecule has 0 saturated heterocycles. The first-order chi connectivity index (χ1) is 5.20. The van der Waals surface area contributed by atoms with Gasteiger partial charge in [-0.15, -0.1) is 0 Å². The number of aromatic amines is 1. The second-order valence-corrected chi connectivity index (χ2v) is 2.30. The SMILES string of the molecule is CCn1c(C=O)c(C)[nH]c1=O. The average molecular weight is 154 g/mol. The molecular weight excluding hydrogens is 144 g/mol. The third-order valence-electron chi connectivity index (χ3n) is 1.64. The van der Waals surface area contributed by atoms with Gasteiger partial charge in [0, 0.05) is 12.2 Å². The molecule has 60 valence electrons. The van der Waals surface area contributed by atoms with E-state index in [0.29, 0.717) is 24.2 Å². The lowest BCUT2D eigenvalue weighted by atomic mass is 10.4. The Kier molecular flexibility index (Phi) is 1.94. The summed E-state index contributed by atoms with van der Waals surface area (Å²) in [4.78, 5) is 24.0. The minimum Gasteiger partial charge on any atom is -0.309 e. The molecular formula is C7H10N2O2. The Bertz CT molecular complexity index is 322. The van der Waals surface area contributed by atoms with Gasteiger partial charge in [0.1, 0.15) is 5.69 Å². The van der Waals surface area contributed by atoms with Crippen molar-refractivity contribution >= 4 is 6.29 Å². The summed E-state index contributed by atoms with van der Waals surface area (Å²) < 4.78 is 1.41. The summed E-state index contributed by atoms with van der Waals surface area (Å²) >= 11 is 0. The normalized spacial score (nSPS) is 10.0. The van der Waals surface area contributed by atoms with Crippen molar-refractivity contribution in [2.45, 2.75) is 20.4 Å². The molecule has 4 heteroatoms. The highest BCUT2D eigenvalue weighted by atomic mass is 16.1. The molecule has 1 rings (SSSR count). The van der Waals surface area contributed by atoms with Gasteiger partial charge in [0.2, 0.25) is 0 Å². The number of carbonyl (C=O) groups excluding carboxylic acids is 1. The van der Waals surface area contributed by atoms with E-state index < -0.39 is 0 Å². The molecule has 0 aliphatic heterocycles. The molecule has 0 radical (unpaired) electrons. The first kappa shape index (κ1) is 7.78. The van der Waals surface area contributed by atoms with E-state index in [-0.39, 0.29) is 5.69 Å². The lowest BCUT2D eigenvalue weighted by molar-refractivity contribution is 0.111. The van der Waals surface area contributed by atoms with Crippen molar-refractivity contribution in [3.8, 4) is 0 Å². The maximum absolute atomic E-state index is 11.0. The number of hydrogen-bond donors (Lipinski definition) is 1. The van der Waals surface area contributed by atoms with E-state index in [1.54, 1.807) is 6.92 Å². The monoisotopic (exact) mass is 154 g/mol. The summed E-state index contributed by atoms with van der Waals surface area (Å²) in [6, 6.07) is 0. The van der Waals surface area contributed by atoms with Crippen LogP contribution in [-0.2, 0) is 6.54 Å². The molecule has 1 heterocycles. The number of nitrogens with one attached hydrogen (secondary N) is 1. The van der Waals surface area contributed by atoms with E-state index in [4.69, 9.17) is 0 Å². The second kappa shape index (κ2) is 2.74. The van der Waals surface area contributed by atoms with Gasteiger partial charge < -0.3 is 4.98 Å². The lowest BCUT2D eigenvalue weighted by Gasteiger charge is -1.95. The van der Waals surface area contributed by atoms with Crippen LogP contribution in [-0.4, -0.2) is 15.8 Å². The topological polar surface area (TPSA) is 54.9 Å². The van der Waals surface area contributed by atoms with E-state index in [2.05, 4.69) is 4.98 Å². The summed E-state index contributed by atoms with van der Waals surface area (Å²) in [7, 11) is 0. The van der Waals surface area contributed by atoms with Gasteiger partial charge in [-0.1, -0.05) is 0 Å². The number of carbonyl (C=O) groups is 1. The third kappa shape index (κ3) is 1.11. The Morgan fingerprint density at radius 2 is 2.27 bits per heavy atom. The standard InChI is InChI=1S/C7H10N2O2/c1-3-9-6(4-10)5(2)8-7(9)11/h4H,3H2,1-2H3,(H,8,11). The van der Waals surface area contributed by atoms with Crippen LogP contribution in [0.4, 0.5) is 0 Å². The van der Waals surface area contributed by atoms with Crippen LogP contribution in [0.3, 0.4) is 0 Å². The molecule has 11 heavy (non-hydrogen) atoms. The van der Waals surface area contributed by atoms with Crippen molar-refractivity contribution in [2.24, 2.45) is 0 Å². The maximum Gasteiger partial charge on any atom is 0.326 e. The van der Waals surface area contributed by atoms with Crippen LogP contribution < -0.4 is 5.69 Å². The molecule has 0 saturated carbocycles. The molecule has 0 atom stereocenters. The Morgan fingerprint density at radius 1 is 1.64 bits per heavy atom. The fourth-order valence-corrected chi connectivity index (χ4v) is 1.07. The van der Waals surface area contributed by atoms with Gasteiger partial charge >= 0.3 is 5.69 Å². The third-order valence-corrected chi connectivity index (χ3v) is 1.64. The highest BCUT2D eigenvalue weighted by Crippen LogP contribution is 1.97. The minimum absolute atomic E-state index is 0.216. The molecule has 1 aromatic rings. The average Bonchev–Trinajstić information content (AvgIpc) is 2.24. The summed E-state index contributed by atoms with van der Waals surface area (Å²) in [6.45, 7) is 4.05. The fraction of sp³-hybridized carbons (Fsp3) is 0.429. The molecule has 0 aromatic carbocycles. The first-order valence-corrected chi connectivity index (χ1v) is 3.45. The number of hydrogen-bond acceptors (Lipinski definition) is 2. The van der Waals surface area contributed by atoms with Crippen LogP contribution in [0.1, 0.15) is 23.1 Å². The maximum atomic E-state index is 11.0. The number of nitrogens with zero attached hydrogens (tertiary/aromatic N) is 1. The number of aryl methyl sites for hydroxylation is 1. The molecule has 0 fully saturated rings. The Hall–Kier alpha value is -1.32. The summed E-state index contributed by atoms with van der Waals surface area (Å²) in [6.07, 6.45) is 0.691. The minimum atomic E-state index is -0.216. The molecule has 0 aliphatic carbocycles. The zero-order valence-corrected chi connectivity index (χ0v) is 6.55. The van der Waals surface area contributed by atoms with Gasteiger partial charge in [-0.25, -0.2) is 4.79 Å². The first-order valence-electron chi connectivity index (χ1n) is 3.45. The summed E-state index contributed by atoms with van der Waals surface area (Å²) in [5.41, 5.74) is 0.858. The number of rotatable bonds is 2. The predicted molar refractivity (Wildman–Crippen MR) is 40.9 cm³/mol. The van der Waals surface area contributed by atoms with Crippen molar-refractivity contribution in [1.82, 2.24) is 9.55 Å². The smallest absolute Gasteiger partial charge is 0.309 e. The molecule has 0 bridgehead atoms. The molecule has 0 unspecified atom stereocenters. The van der Waals surface area contributed by atoms with Crippen LogP contribution >= 0.6 is 0 Å². The van der Waals surface area contributed by atoms with Crippen molar-refractivity contribution < 1.29 is 4.79 Å². The molecule has 0 spiro atoms. The highest BCUT2D eigenvalue weighted by molar-refractivity contribution is 5.73. The lowest BCUT2D eigenvalue weighted by Crippen LogP contribution is -2.17. The highest BCUT2D eigenvalue weighted by Gasteiger charge is 2.06. The van der Waals surface area contributed by atoms with Gasteiger partial charge in [-0.2, -0.15) is 0 Å². The molecule has 0 amide bonds. The number of aromatic nitrogens is 2. The van der Waals surface area contributed by atoms with Crippen molar-refractivity contribution in [1.29, 1.82) is 0 Å². The quantitative estimate of drug-likeness (QED) is 0.623. The van der Waals surface area contributed by atoms with Gasteiger partial charge in [0.25, 0.3) is 0 Å². The van der Waals surface area contributed by atoms with E-state index in [1.165, 1.54) is 4.57 Å². The Labute approximate surface area is 63.9 Å². The Balaban J connectivity index is 3.40. The van der Waals surface area contributed by atoms with Crippen LogP contribution in [0.5, 0.6) is 0 Å². The van der Waals surface area contributed by atoms with Crippen molar-refractivity contribution in [2.75, 3.05) is 0 Å². The van der Waals surface area contributed by atoms with E-state index in [9.17, 15) is 9.59 Å². The molecule has 4 nitrogen and oxygen atoms in total. The summed E-state index contributed by atoms with van der Waals surface area (Å²) in [5, 5.41) is 0. The Morgan fingerprint density at radius 3 is 2.64 bits per heavy atom. The van der Waals surface area contributed by atoms with E-state index >= 15 is 0 Å². The molecule has 1 aromatic heterocycles. The van der Waals surface area contributed by atoms with Gasteiger partial charge in [0.05, 0.1) is 0 Å².